The van der Waals surface area contributed by atoms with Crippen LogP contribution in [0.2, 0.25) is 0 Å². The summed E-state index contributed by atoms with van der Waals surface area (Å²) in [6.45, 7) is 1.92. The van der Waals surface area contributed by atoms with Gasteiger partial charge in [-0.05, 0) is 31.5 Å². The molecular formula is C15H26N2O. The van der Waals surface area contributed by atoms with Crippen molar-refractivity contribution < 1.29 is 4.74 Å². The maximum Gasteiger partial charge on any atom is 0.120 e. The lowest BCUT2D eigenvalue weighted by molar-refractivity contribution is 0.415. The first-order valence-corrected chi connectivity index (χ1v) is 6.83. The molecule has 3 heteroatoms. The van der Waals surface area contributed by atoms with E-state index in [4.69, 9.17) is 10.5 Å². The van der Waals surface area contributed by atoms with Gasteiger partial charge in [0.05, 0.1) is 7.11 Å². The standard InChI is InChI=1S/C15H26N2O/c1-17(12-7-5-3-4-6-11-16)14-9-8-10-15(13-14)18-2/h8-10,13H,3-7,11-12,16H2,1-2H3. The fourth-order valence-corrected chi connectivity index (χ4v) is 2.00. The Hall–Kier alpha value is -1.22. The predicted octanol–water partition coefficient (Wildman–Crippen LogP) is 3.04. The first kappa shape index (κ1) is 14.8. The highest BCUT2D eigenvalue weighted by molar-refractivity contribution is 5.49. The van der Waals surface area contributed by atoms with Gasteiger partial charge in [-0.25, -0.2) is 0 Å². The first-order chi connectivity index (χ1) is 8.77. The van der Waals surface area contributed by atoms with E-state index in [1.54, 1.807) is 7.11 Å². The number of benzene rings is 1. The lowest BCUT2D eigenvalue weighted by Crippen LogP contribution is -2.18. The van der Waals surface area contributed by atoms with Crippen LogP contribution in [0.4, 0.5) is 5.69 Å². The van der Waals surface area contributed by atoms with Gasteiger partial charge in [0.1, 0.15) is 5.75 Å². The summed E-state index contributed by atoms with van der Waals surface area (Å²) in [6.07, 6.45) is 6.24. The van der Waals surface area contributed by atoms with Gasteiger partial charge in [-0.3, -0.25) is 0 Å². The van der Waals surface area contributed by atoms with Crippen LogP contribution in [-0.4, -0.2) is 27.2 Å². The van der Waals surface area contributed by atoms with Crippen molar-refractivity contribution in [2.24, 2.45) is 5.73 Å². The molecule has 0 unspecified atom stereocenters. The summed E-state index contributed by atoms with van der Waals surface area (Å²) in [6, 6.07) is 8.21. The van der Waals surface area contributed by atoms with E-state index < -0.39 is 0 Å². The largest absolute Gasteiger partial charge is 0.497 e. The average Bonchev–Trinajstić information content (AvgIpc) is 2.42. The minimum absolute atomic E-state index is 0.823. The van der Waals surface area contributed by atoms with Crippen molar-refractivity contribution in [2.45, 2.75) is 32.1 Å². The monoisotopic (exact) mass is 250 g/mol. The second-order valence-electron chi connectivity index (χ2n) is 4.68. The number of anilines is 1. The van der Waals surface area contributed by atoms with Gasteiger partial charge in [0.2, 0.25) is 0 Å². The number of nitrogens with two attached hydrogens (primary N) is 1. The SMILES string of the molecule is COc1cccc(N(C)CCCCCCCN)c1. The normalized spacial score (nSPS) is 10.4. The van der Waals surface area contributed by atoms with Crippen molar-refractivity contribution in [3.63, 3.8) is 0 Å². The molecule has 1 rings (SSSR count). The van der Waals surface area contributed by atoms with Gasteiger partial charge in [0.15, 0.2) is 0 Å². The van der Waals surface area contributed by atoms with Crippen molar-refractivity contribution >= 4 is 5.69 Å². The third-order valence-electron chi connectivity index (χ3n) is 3.19. The highest BCUT2D eigenvalue weighted by Crippen LogP contribution is 2.20. The van der Waals surface area contributed by atoms with Crippen molar-refractivity contribution in [3.8, 4) is 5.75 Å². The molecule has 18 heavy (non-hydrogen) atoms. The summed E-state index contributed by atoms with van der Waals surface area (Å²) in [5.74, 6) is 0.919. The van der Waals surface area contributed by atoms with E-state index in [2.05, 4.69) is 24.1 Å². The second kappa shape index (κ2) is 8.81. The number of hydrogen-bond donors (Lipinski definition) is 1. The molecule has 0 aliphatic rings. The van der Waals surface area contributed by atoms with Gasteiger partial charge < -0.3 is 15.4 Å². The second-order valence-corrected chi connectivity index (χ2v) is 4.68. The zero-order chi connectivity index (χ0) is 13.2. The number of hydrogen-bond acceptors (Lipinski definition) is 3. The summed E-state index contributed by atoms with van der Waals surface area (Å²) in [5, 5.41) is 0. The summed E-state index contributed by atoms with van der Waals surface area (Å²) < 4.78 is 5.24. The molecule has 0 aliphatic heterocycles. The first-order valence-electron chi connectivity index (χ1n) is 6.83. The lowest BCUT2D eigenvalue weighted by atomic mass is 10.1. The Morgan fingerprint density at radius 3 is 2.56 bits per heavy atom. The summed E-state index contributed by atoms with van der Waals surface area (Å²) in [4.78, 5) is 2.28. The van der Waals surface area contributed by atoms with Gasteiger partial charge in [-0.15, -0.1) is 0 Å². The molecule has 0 fully saturated rings. The molecule has 102 valence electrons. The van der Waals surface area contributed by atoms with E-state index in [1.807, 2.05) is 12.1 Å². The van der Waals surface area contributed by atoms with Crippen LogP contribution in [0.1, 0.15) is 32.1 Å². The molecule has 0 saturated heterocycles. The average molecular weight is 250 g/mol. The Morgan fingerprint density at radius 2 is 1.83 bits per heavy atom. The van der Waals surface area contributed by atoms with E-state index in [0.29, 0.717) is 0 Å². The maximum absolute atomic E-state index is 5.47. The molecule has 0 atom stereocenters. The van der Waals surface area contributed by atoms with Crippen LogP contribution in [0.3, 0.4) is 0 Å². The van der Waals surface area contributed by atoms with Crippen molar-refractivity contribution in [3.05, 3.63) is 24.3 Å². The number of ether oxygens (including phenoxy) is 1. The summed E-state index contributed by atoms with van der Waals surface area (Å²) >= 11 is 0. The van der Waals surface area contributed by atoms with Gasteiger partial charge in [0, 0.05) is 25.3 Å². The van der Waals surface area contributed by atoms with Crippen LogP contribution in [0.5, 0.6) is 5.75 Å². The molecule has 0 aliphatic carbocycles. The highest BCUT2D eigenvalue weighted by Gasteiger charge is 2.01. The van der Waals surface area contributed by atoms with Crippen LogP contribution >= 0.6 is 0 Å². The van der Waals surface area contributed by atoms with Gasteiger partial charge in [0.25, 0.3) is 0 Å². The van der Waals surface area contributed by atoms with Crippen molar-refractivity contribution in [1.82, 2.24) is 0 Å². The van der Waals surface area contributed by atoms with E-state index in [1.165, 1.54) is 31.4 Å². The van der Waals surface area contributed by atoms with E-state index >= 15 is 0 Å². The highest BCUT2D eigenvalue weighted by atomic mass is 16.5. The molecule has 0 bridgehead atoms. The summed E-state index contributed by atoms with van der Waals surface area (Å²) in [5.41, 5.74) is 6.69. The Kier molecular flexibility index (Phi) is 7.26. The van der Waals surface area contributed by atoms with Crippen LogP contribution in [0, 0.1) is 0 Å². The fraction of sp³-hybridized carbons (Fsp3) is 0.600. The Bertz CT molecular complexity index is 328. The molecule has 0 spiro atoms. The van der Waals surface area contributed by atoms with E-state index in [9.17, 15) is 0 Å². The molecular weight excluding hydrogens is 224 g/mol. The molecule has 1 aromatic carbocycles. The topological polar surface area (TPSA) is 38.5 Å². The van der Waals surface area contributed by atoms with Crippen LogP contribution < -0.4 is 15.4 Å². The van der Waals surface area contributed by atoms with Gasteiger partial charge >= 0.3 is 0 Å². The minimum atomic E-state index is 0.823. The summed E-state index contributed by atoms with van der Waals surface area (Å²) in [7, 11) is 3.84. The van der Waals surface area contributed by atoms with Crippen LogP contribution in [0.15, 0.2) is 24.3 Å². The predicted molar refractivity (Wildman–Crippen MR) is 78.4 cm³/mol. The molecule has 2 N–H and O–H groups in total. The number of rotatable bonds is 9. The fourth-order valence-electron chi connectivity index (χ4n) is 2.00. The molecule has 0 amide bonds. The third kappa shape index (κ3) is 5.41. The van der Waals surface area contributed by atoms with Gasteiger partial charge in [-0.1, -0.05) is 25.3 Å². The Labute approximate surface area is 111 Å². The molecule has 0 saturated carbocycles. The number of unbranched alkanes of at least 4 members (excludes halogenated alkanes) is 4. The number of methoxy groups -OCH3 is 1. The maximum atomic E-state index is 5.47. The zero-order valence-corrected chi connectivity index (χ0v) is 11.7. The quantitative estimate of drug-likeness (QED) is 0.685. The van der Waals surface area contributed by atoms with Crippen molar-refractivity contribution in [1.29, 1.82) is 0 Å². The lowest BCUT2D eigenvalue weighted by Gasteiger charge is -2.19. The van der Waals surface area contributed by atoms with Crippen LogP contribution in [0.25, 0.3) is 0 Å². The molecule has 0 aromatic heterocycles. The minimum Gasteiger partial charge on any atom is -0.497 e. The molecule has 0 radical (unpaired) electrons. The third-order valence-corrected chi connectivity index (χ3v) is 3.19. The zero-order valence-electron chi connectivity index (χ0n) is 11.7. The molecule has 1 aromatic rings. The van der Waals surface area contributed by atoms with E-state index in [0.717, 1.165) is 25.3 Å². The Morgan fingerprint density at radius 1 is 1.11 bits per heavy atom. The molecule has 3 nitrogen and oxygen atoms in total. The van der Waals surface area contributed by atoms with Crippen LogP contribution in [-0.2, 0) is 0 Å². The smallest absolute Gasteiger partial charge is 0.120 e. The van der Waals surface area contributed by atoms with E-state index in [-0.39, 0.29) is 0 Å². The van der Waals surface area contributed by atoms with Gasteiger partial charge in [-0.2, -0.15) is 0 Å². The van der Waals surface area contributed by atoms with Crippen molar-refractivity contribution in [2.75, 3.05) is 32.1 Å². The number of nitrogens with zero attached hydrogens (tertiary/aromatic N) is 1. The molecule has 0 heterocycles. The Balaban J connectivity index is 2.25.